The van der Waals surface area contributed by atoms with Crippen LogP contribution in [0.4, 0.5) is 4.79 Å². The second-order valence-corrected chi connectivity index (χ2v) is 12.8. The lowest BCUT2D eigenvalue weighted by atomic mass is 9.78. The molecule has 3 fully saturated rings. The molecule has 5 rings (SSSR count). The van der Waals surface area contributed by atoms with Gasteiger partial charge in [-0.05, 0) is 95.6 Å². The SMILES string of the molecule is CC(C)(C)OC(=O)N1CCCC12CC2N/C=C(\N)c1ccc2cc(B3OC(C)(C)C(C)(C)O3)ccc2c1. The van der Waals surface area contributed by atoms with Crippen molar-refractivity contribution in [2.75, 3.05) is 6.54 Å². The summed E-state index contributed by atoms with van der Waals surface area (Å²) in [7, 11) is -0.384. The topological polar surface area (TPSA) is 86.1 Å². The molecule has 0 bridgehead atoms. The van der Waals surface area contributed by atoms with Crippen molar-refractivity contribution in [3.63, 3.8) is 0 Å². The van der Waals surface area contributed by atoms with E-state index in [0.29, 0.717) is 5.70 Å². The number of nitrogens with two attached hydrogens (primary N) is 1. The van der Waals surface area contributed by atoms with Crippen molar-refractivity contribution in [2.45, 2.75) is 96.1 Å². The predicted molar refractivity (Wildman–Crippen MR) is 148 cm³/mol. The van der Waals surface area contributed by atoms with Gasteiger partial charge in [0.1, 0.15) is 5.60 Å². The van der Waals surface area contributed by atoms with Crippen LogP contribution in [0.2, 0.25) is 0 Å². The van der Waals surface area contributed by atoms with E-state index in [0.717, 1.165) is 47.6 Å². The molecule has 1 aliphatic carbocycles. The van der Waals surface area contributed by atoms with Gasteiger partial charge in [-0.1, -0.05) is 30.3 Å². The molecule has 0 aromatic heterocycles. The van der Waals surface area contributed by atoms with Crippen molar-refractivity contribution in [3.8, 4) is 0 Å². The van der Waals surface area contributed by atoms with Crippen molar-refractivity contribution >= 4 is 35.1 Å². The minimum absolute atomic E-state index is 0.160. The lowest BCUT2D eigenvalue weighted by Crippen LogP contribution is -2.44. The van der Waals surface area contributed by atoms with Crippen molar-refractivity contribution in [3.05, 3.63) is 48.2 Å². The Balaban J connectivity index is 1.26. The van der Waals surface area contributed by atoms with Crippen molar-refractivity contribution in [2.24, 2.45) is 5.73 Å². The number of likely N-dealkylation sites (tertiary alicyclic amines) is 1. The Hall–Kier alpha value is -2.71. The number of amides is 1. The monoisotopic (exact) mass is 505 g/mol. The van der Waals surface area contributed by atoms with Crippen molar-refractivity contribution in [1.82, 2.24) is 10.2 Å². The summed E-state index contributed by atoms with van der Waals surface area (Å²) in [5.41, 5.74) is 7.70. The largest absolute Gasteiger partial charge is 0.494 e. The zero-order chi connectivity index (χ0) is 26.8. The highest BCUT2D eigenvalue weighted by molar-refractivity contribution is 6.62. The molecule has 2 atom stereocenters. The van der Waals surface area contributed by atoms with E-state index >= 15 is 0 Å². The first-order chi connectivity index (χ1) is 17.2. The molecule has 7 nitrogen and oxygen atoms in total. The fourth-order valence-corrected chi connectivity index (χ4v) is 5.42. The minimum atomic E-state index is -0.496. The van der Waals surface area contributed by atoms with Crippen LogP contribution in [-0.2, 0) is 14.0 Å². The fourth-order valence-electron chi connectivity index (χ4n) is 5.42. The Labute approximate surface area is 220 Å². The summed E-state index contributed by atoms with van der Waals surface area (Å²) in [6, 6.07) is 12.7. The molecule has 1 saturated carbocycles. The molecular weight excluding hydrogens is 465 g/mol. The second-order valence-electron chi connectivity index (χ2n) is 12.8. The van der Waals surface area contributed by atoms with E-state index in [2.05, 4.69) is 63.3 Å². The molecule has 2 aromatic carbocycles. The summed E-state index contributed by atoms with van der Waals surface area (Å²) in [5, 5.41) is 5.68. The third-order valence-corrected chi connectivity index (χ3v) is 8.35. The smallest absolute Gasteiger partial charge is 0.444 e. The Morgan fingerprint density at radius 2 is 1.76 bits per heavy atom. The summed E-state index contributed by atoms with van der Waals surface area (Å²) in [6.45, 7) is 14.7. The number of benzene rings is 2. The van der Waals surface area contributed by atoms with Crippen LogP contribution < -0.4 is 16.5 Å². The highest BCUT2D eigenvalue weighted by atomic mass is 16.7. The maximum absolute atomic E-state index is 12.7. The summed E-state index contributed by atoms with van der Waals surface area (Å²) in [4.78, 5) is 14.6. The number of hydrogen-bond acceptors (Lipinski definition) is 6. The quantitative estimate of drug-likeness (QED) is 0.594. The molecule has 2 aliphatic heterocycles. The van der Waals surface area contributed by atoms with Crippen LogP contribution in [0, 0.1) is 0 Å². The highest BCUT2D eigenvalue weighted by Crippen LogP contribution is 2.50. The summed E-state index contributed by atoms with van der Waals surface area (Å²) < 4.78 is 18.1. The molecule has 3 aliphatic rings. The second kappa shape index (κ2) is 8.67. The Morgan fingerprint density at radius 3 is 2.43 bits per heavy atom. The van der Waals surface area contributed by atoms with E-state index < -0.39 is 5.60 Å². The molecule has 1 spiro atoms. The van der Waals surface area contributed by atoms with Gasteiger partial charge >= 0.3 is 13.2 Å². The standard InChI is InChI=1S/C29H40BN3O4/c1-26(2,3)35-25(34)33-14-8-13-29(33)17-24(29)32-18-23(31)21-10-9-20-16-22(12-11-19(20)15-21)30-36-27(4,5)28(6,7)37-30/h9-12,15-16,18,24,32H,8,13-14,17,31H2,1-7H3/b23-18-. The predicted octanol–water partition coefficient (Wildman–Crippen LogP) is 4.53. The van der Waals surface area contributed by atoms with Crippen molar-refractivity contribution < 1.29 is 18.8 Å². The van der Waals surface area contributed by atoms with Gasteiger partial charge in [-0.25, -0.2) is 4.79 Å². The lowest BCUT2D eigenvalue weighted by molar-refractivity contribution is 0.00578. The number of ether oxygens (including phenoxy) is 1. The van der Waals surface area contributed by atoms with E-state index in [-0.39, 0.29) is 36.0 Å². The number of rotatable bonds is 4. The normalized spacial score (nSPS) is 26.7. The number of nitrogens with one attached hydrogen (secondary N) is 1. The van der Waals surface area contributed by atoms with Gasteiger partial charge in [0.15, 0.2) is 0 Å². The fraction of sp³-hybridized carbons (Fsp3) is 0.552. The van der Waals surface area contributed by atoms with E-state index in [1.165, 1.54) is 0 Å². The average Bonchev–Trinajstić information content (AvgIpc) is 3.22. The van der Waals surface area contributed by atoms with E-state index in [4.69, 9.17) is 19.8 Å². The number of carbonyl (C=O) groups is 1. The molecule has 2 heterocycles. The molecule has 2 saturated heterocycles. The Kier molecular flexibility index (Phi) is 6.07. The molecule has 1 amide bonds. The lowest BCUT2D eigenvalue weighted by Gasteiger charge is -2.32. The molecule has 37 heavy (non-hydrogen) atoms. The minimum Gasteiger partial charge on any atom is -0.444 e. The van der Waals surface area contributed by atoms with Crippen LogP contribution in [0.5, 0.6) is 0 Å². The molecule has 2 unspecified atom stereocenters. The maximum Gasteiger partial charge on any atom is 0.494 e. The van der Waals surface area contributed by atoms with Gasteiger partial charge in [-0.15, -0.1) is 0 Å². The van der Waals surface area contributed by atoms with Gasteiger partial charge in [-0.3, -0.25) is 0 Å². The third kappa shape index (κ3) is 4.81. The van der Waals surface area contributed by atoms with Crippen LogP contribution >= 0.6 is 0 Å². The number of nitrogens with zero attached hydrogens (tertiary/aromatic N) is 1. The van der Waals surface area contributed by atoms with Gasteiger partial charge in [0.25, 0.3) is 0 Å². The molecule has 198 valence electrons. The number of carbonyl (C=O) groups excluding carboxylic acids is 1. The van der Waals surface area contributed by atoms with Crippen LogP contribution in [0.25, 0.3) is 16.5 Å². The molecule has 8 heteroatoms. The summed E-state index contributed by atoms with van der Waals surface area (Å²) in [6.07, 6.45) is 4.55. The van der Waals surface area contributed by atoms with Gasteiger partial charge in [0.2, 0.25) is 0 Å². The van der Waals surface area contributed by atoms with Crippen molar-refractivity contribution in [1.29, 1.82) is 0 Å². The molecule has 0 radical (unpaired) electrons. The van der Waals surface area contributed by atoms with Crippen LogP contribution in [0.1, 0.15) is 73.3 Å². The molecule has 3 N–H and O–H groups in total. The number of fused-ring (bicyclic) bond motifs is 1. The zero-order valence-corrected chi connectivity index (χ0v) is 23.2. The highest BCUT2D eigenvalue weighted by Gasteiger charge is 2.62. The Morgan fingerprint density at radius 1 is 1.11 bits per heavy atom. The molecule has 2 aromatic rings. The van der Waals surface area contributed by atoms with Gasteiger partial charge in [-0.2, -0.15) is 0 Å². The van der Waals surface area contributed by atoms with Crippen LogP contribution in [-0.4, -0.2) is 53.0 Å². The van der Waals surface area contributed by atoms with E-state index in [9.17, 15) is 4.79 Å². The first-order valence-electron chi connectivity index (χ1n) is 13.3. The average molecular weight is 505 g/mol. The van der Waals surface area contributed by atoms with Gasteiger partial charge in [0.05, 0.1) is 28.5 Å². The van der Waals surface area contributed by atoms with E-state index in [1.54, 1.807) is 0 Å². The first kappa shape index (κ1) is 25.9. The first-order valence-corrected chi connectivity index (χ1v) is 13.3. The summed E-state index contributed by atoms with van der Waals surface area (Å²) >= 11 is 0. The third-order valence-electron chi connectivity index (χ3n) is 8.35. The van der Waals surface area contributed by atoms with Crippen LogP contribution in [0.3, 0.4) is 0 Å². The molecular formula is C29H40BN3O4. The van der Waals surface area contributed by atoms with Crippen LogP contribution in [0.15, 0.2) is 42.6 Å². The van der Waals surface area contributed by atoms with Gasteiger partial charge in [0, 0.05) is 12.7 Å². The van der Waals surface area contributed by atoms with E-state index in [1.807, 2.05) is 37.9 Å². The zero-order valence-electron chi connectivity index (χ0n) is 23.2. The maximum atomic E-state index is 12.7. The van der Waals surface area contributed by atoms with Gasteiger partial charge < -0.3 is 30.0 Å². The summed E-state index contributed by atoms with van der Waals surface area (Å²) in [5.74, 6) is 0. The Bertz CT molecular complexity index is 1240. The number of hydrogen-bond donors (Lipinski definition) is 2.